The molecule has 2 atom stereocenters. The molecule has 0 bridgehead atoms. The van der Waals surface area contributed by atoms with Crippen LogP contribution in [0.15, 0.2) is 0 Å². The van der Waals surface area contributed by atoms with Gasteiger partial charge in [0, 0.05) is 18.9 Å². The zero-order valence-corrected chi connectivity index (χ0v) is 12.1. The van der Waals surface area contributed by atoms with Gasteiger partial charge in [-0.25, -0.2) is 4.98 Å². The summed E-state index contributed by atoms with van der Waals surface area (Å²) in [5.41, 5.74) is 0. The SMILES string of the molecule is Cn1nc(C2CCCCC2)nc1C1CCCC1C(=O)O. The van der Waals surface area contributed by atoms with E-state index in [1.165, 1.54) is 32.1 Å². The molecule has 0 amide bonds. The number of hydrogen-bond donors (Lipinski definition) is 1. The highest BCUT2D eigenvalue weighted by Gasteiger charge is 2.37. The van der Waals surface area contributed by atoms with E-state index in [1.54, 1.807) is 0 Å². The highest BCUT2D eigenvalue weighted by atomic mass is 16.4. The van der Waals surface area contributed by atoms with E-state index in [0.717, 1.165) is 30.9 Å². The van der Waals surface area contributed by atoms with Crippen LogP contribution in [0.4, 0.5) is 0 Å². The van der Waals surface area contributed by atoms with Crippen molar-refractivity contribution in [2.75, 3.05) is 0 Å². The largest absolute Gasteiger partial charge is 0.481 e. The van der Waals surface area contributed by atoms with Crippen molar-refractivity contribution >= 4 is 5.97 Å². The van der Waals surface area contributed by atoms with Crippen LogP contribution >= 0.6 is 0 Å². The number of carbonyl (C=O) groups is 1. The summed E-state index contributed by atoms with van der Waals surface area (Å²) in [5, 5.41) is 13.9. The average molecular weight is 277 g/mol. The van der Waals surface area contributed by atoms with Gasteiger partial charge in [0.1, 0.15) is 5.82 Å². The molecule has 1 N–H and O–H groups in total. The van der Waals surface area contributed by atoms with Gasteiger partial charge in [-0.2, -0.15) is 5.10 Å². The van der Waals surface area contributed by atoms with Crippen molar-refractivity contribution in [1.29, 1.82) is 0 Å². The predicted octanol–water partition coefficient (Wildman–Crippen LogP) is 2.83. The summed E-state index contributed by atoms with van der Waals surface area (Å²) in [6.07, 6.45) is 8.87. The van der Waals surface area contributed by atoms with Crippen molar-refractivity contribution in [2.45, 2.75) is 63.2 Å². The Labute approximate surface area is 119 Å². The van der Waals surface area contributed by atoms with Crippen LogP contribution in [0.5, 0.6) is 0 Å². The lowest BCUT2D eigenvalue weighted by molar-refractivity contribution is -0.142. The van der Waals surface area contributed by atoms with Crippen LogP contribution in [-0.2, 0) is 11.8 Å². The smallest absolute Gasteiger partial charge is 0.307 e. The second-order valence-corrected chi connectivity index (χ2v) is 6.27. The molecule has 2 fully saturated rings. The fourth-order valence-corrected chi connectivity index (χ4v) is 3.84. The van der Waals surface area contributed by atoms with Crippen molar-refractivity contribution in [3.05, 3.63) is 11.6 Å². The summed E-state index contributed by atoms with van der Waals surface area (Å²) in [6.45, 7) is 0. The maximum atomic E-state index is 11.3. The molecule has 5 nitrogen and oxygen atoms in total. The number of aromatic nitrogens is 3. The zero-order valence-electron chi connectivity index (χ0n) is 12.1. The van der Waals surface area contributed by atoms with Crippen LogP contribution in [0, 0.1) is 5.92 Å². The first-order chi connectivity index (χ1) is 9.66. The summed E-state index contributed by atoms with van der Waals surface area (Å²) >= 11 is 0. The molecule has 1 aromatic heterocycles. The second-order valence-electron chi connectivity index (χ2n) is 6.27. The average Bonchev–Trinajstić information content (AvgIpc) is 3.05. The van der Waals surface area contributed by atoms with E-state index in [2.05, 4.69) is 5.10 Å². The van der Waals surface area contributed by atoms with Gasteiger partial charge in [0.05, 0.1) is 5.92 Å². The Hall–Kier alpha value is -1.39. The minimum atomic E-state index is -0.685. The first-order valence-corrected chi connectivity index (χ1v) is 7.80. The summed E-state index contributed by atoms with van der Waals surface area (Å²) in [6, 6.07) is 0. The molecule has 20 heavy (non-hydrogen) atoms. The van der Waals surface area contributed by atoms with Gasteiger partial charge in [-0.3, -0.25) is 9.48 Å². The molecule has 2 aliphatic carbocycles. The zero-order chi connectivity index (χ0) is 14.1. The first kappa shape index (κ1) is 13.6. The number of aryl methyl sites for hydroxylation is 1. The third-order valence-corrected chi connectivity index (χ3v) is 4.95. The Balaban J connectivity index is 1.83. The molecule has 2 unspecified atom stereocenters. The number of aliphatic carboxylic acids is 1. The van der Waals surface area contributed by atoms with Crippen LogP contribution in [0.3, 0.4) is 0 Å². The minimum Gasteiger partial charge on any atom is -0.481 e. The summed E-state index contributed by atoms with van der Waals surface area (Å²) in [5.74, 6) is 1.39. The number of carboxylic acids is 1. The van der Waals surface area contributed by atoms with Gasteiger partial charge in [0.25, 0.3) is 0 Å². The Kier molecular flexibility index (Phi) is 3.76. The van der Waals surface area contributed by atoms with Crippen LogP contribution in [0.2, 0.25) is 0 Å². The summed E-state index contributed by atoms with van der Waals surface area (Å²) < 4.78 is 1.83. The topological polar surface area (TPSA) is 68.0 Å². The third-order valence-electron chi connectivity index (χ3n) is 4.95. The van der Waals surface area contributed by atoms with E-state index in [1.807, 2.05) is 11.7 Å². The van der Waals surface area contributed by atoms with Gasteiger partial charge in [-0.15, -0.1) is 0 Å². The Bertz CT molecular complexity index is 491. The molecule has 0 spiro atoms. The van der Waals surface area contributed by atoms with E-state index in [4.69, 9.17) is 4.98 Å². The molecule has 0 aromatic carbocycles. The van der Waals surface area contributed by atoms with Crippen LogP contribution in [0.25, 0.3) is 0 Å². The third kappa shape index (κ3) is 2.45. The van der Waals surface area contributed by atoms with E-state index < -0.39 is 5.97 Å². The quantitative estimate of drug-likeness (QED) is 0.922. The van der Waals surface area contributed by atoms with Crippen molar-refractivity contribution in [3.63, 3.8) is 0 Å². The summed E-state index contributed by atoms with van der Waals surface area (Å²) in [4.78, 5) is 16.1. The van der Waals surface area contributed by atoms with Crippen LogP contribution in [0.1, 0.15) is 74.9 Å². The van der Waals surface area contributed by atoms with E-state index in [0.29, 0.717) is 5.92 Å². The molecular weight excluding hydrogens is 254 g/mol. The normalized spacial score (nSPS) is 27.9. The lowest BCUT2D eigenvalue weighted by Crippen LogP contribution is -2.19. The molecule has 1 aromatic rings. The molecule has 3 rings (SSSR count). The highest BCUT2D eigenvalue weighted by Crippen LogP contribution is 2.40. The second kappa shape index (κ2) is 5.54. The number of hydrogen-bond acceptors (Lipinski definition) is 3. The number of carboxylic acid groups (broad SMARTS) is 1. The molecule has 2 saturated carbocycles. The van der Waals surface area contributed by atoms with E-state index >= 15 is 0 Å². The van der Waals surface area contributed by atoms with Crippen molar-refractivity contribution in [2.24, 2.45) is 13.0 Å². The van der Waals surface area contributed by atoms with Crippen molar-refractivity contribution in [1.82, 2.24) is 14.8 Å². The standard InChI is InChI=1S/C15H23N3O2/c1-18-14(11-8-5-9-12(11)15(19)20)16-13(17-18)10-6-3-2-4-7-10/h10-12H,2-9H2,1H3,(H,19,20). The van der Waals surface area contributed by atoms with E-state index in [-0.39, 0.29) is 11.8 Å². The lowest BCUT2D eigenvalue weighted by atomic mass is 9.89. The van der Waals surface area contributed by atoms with Gasteiger partial charge in [-0.05, 0) is 25.7 Å². The van der Waals surface area contributed by atoms with Crippen LogP contribution < -0.4 is 0 Å². The molecule has 2 aliphatic rings. The van der Waals surface area contributed by atoms with Crippen molar-refractivity contribution in [3.8, 4) is 0 Å². The molecular formula is C15H23N3O2. The van der Waals surface area contributed by atoms with Gasteiger partial charge >= 0.3 is 5.97 Å². The Morgan fingerprint density at radius 1 is 1.15 bits per heavy atom. The summed E-state index contributed by atoms with van der Waals surface area (Å²) in [7, 11) is 1.91. The fraction of sp³-hybridized carbons (Fsp3) is 0.800. The van der Waals surface area contributed by atoms with E-state index in [9.17, 15) is 9.90 Å². The predicted molar refractivity (Wildman–Crippen MR) is 74.5 cm³/mol. The minimum absolute atomic E-state index is 0.0438. The molecule has 0 radical (unpaired) electrons. The Morgan fingerprint density at radius 3 is 2.60 bits per heavy atom. The number of nitrogens with zero attached hydrogens (tertiary/aromatic N) is 3. The van der Waals surface area contributed by atoms with Gasteiger partial charge in [0.2, 0.25) is 0 Å². The Morgan fingerprint density at radius 2 is 1.90 bits per heavy atom. The maximum absolute atomic E-state index is 11.3. The monoisotopic (exact) mass is 277 g/mol. The maximum Gasteiger partial charge on any atom is 0.307 e. The fourth-order valence-electron chi connectivity index (χ4n) is 3.84. The molecule has 1 heterocycles. The molecule has 5 heteroatoms. The lowest BCUT2D eigenvalue weighted by Gasteiger charge is -2.18. The first-order valence-electron chi connectivity index (χ1n) is 7.80. The van der Waals surface area contributed by atoms with Gasteiger partial charge in [0.15, 0.2) is 5.82 Å². The molecule has 110 valence electrons. The van der Waals surface area contributed by atoms with Crippen LogP contribution in [-0.4, -0.2) is 25.8 Å². The number of rotatable bonds is 3. The van der Waals surface area contributed by atoms with Crippen molar-refractivity contribution < 1.29 is 9.90 Å². The molecule has 0 saturated heterocycles. The van der Waals surface area contributed by atoms with Gasteiger partial charge < -0.3 is 5.11 Å². The molecule has 0 aliphatic heterocycles. The highest BCUT2D eigenvalue weighted by molar-refractivity contribution is 5.71. The van der Waals surface area contributed by atoms with Gasteiger partial charge in [-0.1, -0.05) is 25.7 Å².